The molecule has 0 aromatic heterocycles. The van der Waals surface area contributed by atoms with Crippen LogP contribution >= 0.6 is 0 Å². The van der Waals surface area contributed by atoms with Crippen molar-refractivity contribution in [2.75, 3.05) is 19.6 Å². The first-order valence-electron chi connectivity index (χ1n) is 7.94. The Kier molecular flexibility index (Phi) is 11.1. The van der Waals surface area contributed by atoms with Gasteiger partial charge < -0.3 is 9.70 Å². The summed E-state index contributed by atoms with van der Waals surface area (Å²) in [4.78, 5) is 12.5. The number of hydrogen-bond acceptors (Lipinski definition) is 2. The molecule has 0 aromatic rings. The van der Waals surface area contributed by atoms with E-state index in [0.717, 1.165) is 6.04 Å². The lowest BCUT2D eigenvalue weighted by Gasteiger charge is -2.23. The lowest BCUT2D eigenvalue weighted by Crippen LogP contribution is -2.30. The van der Waals surface area contributed by atoms with Crippen LogP contribution in [0.15, 0.2) is 0 Å². The van der Waals surface area contributed by atoms with Crippen LogP contribution in [0.25, 0.3) is 0 Å². The van der Waals surface area contributed by atoms with Crippen molar-refractivity contribution in [3.63, 3.8) is 0 Å². The summed E-state index contributed by atoms with van der Waals surface area (Å²) in [5.74, 6) is 0. The third-order valence-corrected chi connectivity index (χ3v) is 5.00. The van der Waals surface area contributed by atoms with E-state index >= 15 is 0 Å². The Morgan fingerprint density at radius 2 is 1.22 bits per heavy atom. The number of nitrogens with zero attached hydrogens (tertiary/aromatic N) is 1. The Hall–Kier alpha value is 0.137. The van der Waals surface area contributed by atoms with Crippen molar-refractivity contribution in [3.8, 4) is 0 Å². The molecule has 0 radical (unpaired) electrons. The van der Waals surface area contributed by atoms with Crippen LogP contribution in [0.4, 0.5) is 0 Å². The van der Waals surface area contributed by atoms with Crippen LogP contribution in [-0.4, -0.2) is 37.6 Å². The summed E-state index contributed by atoms with van der Waals surface area (Å²) in [6.07, 6.45) is 9.16. The van der Waals surface area contributed by atoms with Crippen molar-refractivity contribution in [3.05, 3.63) is 0 Å². The van der Waals surface area contributed by atoms with E-state index in [1.807, 2.05) is 13.1 Å². The third-order valence-electron chi connectivity index (χ3n) is 3.42. The van der Waals surface area contributed by atoms with E-state index < -0.39 is 8.32 Å². The summed E-state index contributed by atoms with van der Waals surface area (Å²) in [7, 11) is -1.83. The maximum Gasteiger partial charge on any atom is 0.182 e. The first-order chi connectivity index (χ1) is 8.49. The molecule has 0 bridgehead atoms. The molecule has 3 heteroatoms. The predicted molar refractivity (Wildman–Crippen MR) is 84.6 cm³/mol. The summed E-state index contributed by atoms with van der Waals surface area (Å²) in [6, 6.07) is 1.05. The Labute approximate surface area is 116 Å². The van der Waals surface area contributed by atoms with E-state index in [-0.39, 0.29) is 0 Å². The van der Waals surface area contributed by atoms with Gasteiger partial charge in [-0.05, 0) is 58.0 Å². The SMILES string of the molecule is CCCCCN(CCCCC)CCC[Si](C)(C)O. The van der Waals surface area contributed by atoms with Gasteiger partial charge in [-0.25, -0.2) is 0 Å². The average molecular weight is 274 g/mol. The zero-order valence-electron chi connectivity index (χ0n) is 13.2. The number of rotatable bonds is 12. The van der Waals surface area contributed by atoms with Crippen molar-refractivity contribution in [2.45, 2.75) is 77.9 Å². The standard InChI is InChI=1S/C15H35NOSi/c1-5-7-9-12-16(13-10-8-6-2)14-11-15-18(3,4)17/h17H,5-15H2,1-4H3. The van der Waals surface area contributed by atoms with Crippen molar-refractivity contribution < 1.29 is 4.80 Å². The van der Waals surface area contributed by atoms with Crippen LogP contribution < -0.4 is 0 Å². The molecule has 0 atom stereocenters. The van der Waals surface area contributed by atoms with Gasteiger partial charge in [-0.3, -0.25) is 0 Å². The minimum Gasteiger partial charge on any atom is -0.432 e. The molecule has 18 heavy (non-hydrogen) atoms. The van der Waals surface area contributed by atoms with Gasteiger partial charge in [0, 0.05) is 0 Å². The van der Waals surface area contributed by atoms with Gasteiger partial charge in [-0.15, -0.1) is 0 Å². The minimum absolute atomic E-state index is 1.05. The molecule has 0 heterocycles. The second kappa shape index (κ2) is 11.0. The van der Waals surface area contributed by atoms with Crippen molar-refractivity contribution in [1.29, 1.82) is 0 Å². The molecule has 0 saturated heterocycles. The van der Waals surface area contributed by atoms with Crippen molar-refractivity contribution >= 4 is 8.32 Å². The fourth-order valence-electron chi connectivity index (χ4n) is 2.24. The van der Waals surface area contributed by atoms with E-state index in [1.165, 1.54) is 64.6 Å². The summed E-state index contributed by atoms with van der Waals surface area (Å²) < 4.78 is 0. The highest BCUT2D eigenvalue weighted by atomic mass is 28.4. The molecule has 0 spiro atoms. The Bertz CT molecular complexity index is 170. The van der Waals surface area contributed by atoms with Crippen LogP contribution in [0, 0.1) is 0 Å². The second-order valence-electron chi connectivity index (χ2n) is 6.17. The molecule has 0 rings (SSSR count). The Balaban J connectivity index is 3.80. The molecule has 2 nitrogen and oxygen atoms in total. The van der Waals surface area contributed by atoms with Gasteiger partial charge in [-0.1, -0.05) is 39.5 Å². The average Bonchev–Trinajstić information content (AvgIpc) is 2.27. The monoisotopic (exact) mass is 273 g/mol. The fourth-order valence-corrected chi connectivity index (χ4v) is 3.26. The van der Waals surface area contributed by atoms with Gasteiger partial charge in [0.1, 0.15) is 0 Å². The van der Waals surface area contributed by atoms with Gasteiger partial charge in [-0.2, -0.15) is 0 Å². The van der Waals surface area contributed by atoms with Crippen LogP contribution in [0.3, 0.4) is 0 Å². The van der Waals surface area contributed by atoms with Crippen LogP contribution in [0.5, 0.6) is 0 Å². The lowest BCUT2D eigenvalue weighted by atomic mass is 10.2. The molecular weight excluding hydrogens is 238 g/mol. The molecule has 0 amide bonds. The summed E-state index contributed by atoms with van der Waals surface area (Å²) in [5, 5.41) is 0. The van der Waals surface area contributed by atoms with E-state index in [9.17, 15) is 4.80 Å². The summed E-state index contributed by atoms with van der Waals surface area (Å²) >= 11 is 0. The van der Waals surface area contributed by atoms with E-state index in [4.69, 9.17) is 0 Å². The number of hydrogen-bond donors (Lipinski definition) is 1. The van der Waals surface area contributed by atoms with Gasteiger partial charge in [0.05, 0.1) is 0 Å². The zero-order chi connectivity index (χ0) is 13.9. The van der Waals surface area contributed by atoms with Crippen molar-refractivity contribution in [1.82, 2.24) is 4.90 Å². The normalized spacial score (nSPS) is 12.3. The largest absolute Gasteiger partial charge is 0.432 e. The zero-order valence-corrected chi connectivity index (χ0v) is 14.2. The molecule has 110 valence electrons. The van der Waals surface area contributed by atoms with Crippen LogP contribution in [0.2, 0.25) is 19.1 Å². The van der Waals surface area contributed by atoms with Gasteiger partial charge >= 0.3 is 0 Å². The molecule has 0 aliphatic carbocycles. The van der Waals surface area contributed by atoms with Gasteiger partial charge in [0.25, 0.3) is 0 Å². The minimum atomic E-state index is -1.83. The first-order valence-corrected chi connectivity index (χ1v) is 11.1. The van der Waals surface area contributed by atoms with E-state index in [0.29, 0.717) is 0 Å². The summed E-state index contributed by atoms with van der Waals surface area (Å²) in [6.45, 7) is 12.3. The smallest absolute Gasteiger partial charge is 0.182 e. The third kappa shape index (κ3) is 12.6. The van der Waals surface area contributed by atoms with E-state index in [1.54, 1.807) is 0 Å². The molecule has 0 saturated carbocycles. The van der Waals surface area contributed by atoms with E-state index in [2.05, 4.69) is 18.7 Å². The number of unbranched alkanes of at least 4 members (excludes halogenated alkanes) is 4. The Morgan fingerprint density at radius 1 is 0.778 bits per heavy atom. The maximum atomic E-state index is 9.88. The predicted octanol–water partition coefficient (Wildman–Crippen LogP) is 4.26. The van der Waals surface area contributed by atoms with Crippen LogP contribution in [0.1, 0.15) is 58.8 Å². The fraction of sp³-hybridized carbons (Fsp3) is 1.00. The highest BCUT2D eigenvalue weighted by molar-refractivity contribution is 6.69. The molecule has 0 unspecified atom stereocenters. The van der Waals surface area contributed by atoms with Crippen LogP contribution in [-0.2, 0) is 0 Å². The second-order valence-corrected chi connectivity index (χ2v) is 10.3. The Morgan fingerprint density at radius 3 is 1.61 bits per heavy atom. The summed E-state index contributed by atoms with van der Waals surface area (Å²) in [5.41, 5.74) is 0. The van der Waals surface area contributed by atoms with Gasteiger partial charge in [0.15, 0.2) is 8.32 Å². The maximum absolute atomic E-state index is 9.88. The molecule has 0 aliphatic rings. The van der Waals surface area contributed by atoms with Crippen molar-refractivity contribution in [2.24, 2.45) is 0 Å². The quantitative estimate of drug-likeness (QED) is 0.424. The highest BCUT2D eigenvalue weighted by Gasteiger charge is 2.16. The molecular formula is C15H35NOSi. The molecule has 0 aliphatic heterocycles. The molecule has 0 fully saturated rings. The first kappa shape index (κ1) is 18.1. The topological polar surface area (TPSA) is 23.5 Å². The molecule has 0 aromatic carbocycles. The highest BCUT2D eigenvalue weighted by Crippen LogP contribution is 2.10. The van der Waals surface area contributed by atoms with Gasteiger partial charge in [0.2, 0.25) is 0 Å². The molecule has 1 N–H and O–H groups in total. The lowest BCUT2D eigenvalue weighted by molar-refractivity contribution is 0.261.